The van der Waals surface area contributed by atoms with Crippen molar-refractivity contribution in [2.45, 2.75) is 0 Å². The SMILES string of the molecule is O=Cc1cc([N+](=O)[O-])ccc1Oc1ccc([N+](=O)[O-])cc1. The van der Waals surface area contributed by atoms with E-state index in [1.807, 2.05) is 0 Å². The maximum atomic E-state index is 10.9. The maximum Gasteiger partial charge on any atom is 0.270 e. The first kappa shape index (κ1) is 14.1. The smallest absolute Gasteiger partial charge is 0.270 e. The first-order valence-electron chi connectivity index (χ1n) is 5.67. The van der Waals surface area contributed by atoms with E-state index in [0.29, 0.717) is 6.29 Å². The molecule has 0 radical (unpaired) electrons. The van der Waals surface area contributed by atoms with Gasteiger partial charge in [-0.2, -0.15) is 0 Å². The van der Waals surface area contributed by atoms with Crippen LogP contribution in [0.3, 0.4) is 0 Å². The van der Waals surface area contributed by atoms with Crippen LogP contribution in [0.5, 0.6) is 11.5 Å². The number of nitrogens with zero attached hydrogens (tertiary/aromatic N) is 2. The van der Waals surface area contributed by atoms with Gasteiger partial charge in [-0.15, -0.1) is 0 Å². The van der Waals surface area contributed by atoms with Crippen molar-refractivity contribution in [2.24, 2.45) is 0 Å². The molecule has 0 fully saturated rings. The van der Waals surface area contributed by atoms with Crippen molar-refractivity contribution in [3.8, 4) is 11.5 Å². The Bertz CT molecular complexity index is 711. The van der Waals surface area contributed by atoms with E-state index in [1.165, 1.54) is 36.4 Å². The first-order chi connectivity index (χ1) is 10.0. The van der Waals surface area contributed by atoms with Crippen molar-refractivity contribution < 1.29 is 19.4 Å². The normalized spacial score (nSPS) is 9.90. The third-order valence-corrected chi connectivity index (χ3v) is 2.61. The molecule has 0 aromatic heterocycles. The molecule has 0 saturated heterocycles. The zero-order valence-corrected chi connectivity index (χ0v) is 10.5. The highest BCUT2D eigenvalue weighted by Gasteiger charge is 2.12. The number of carbonyl (C=O) groups excluding carboxylic acids is 1. The van der Waals surface area contributed by atoms with Crippen LogP contribution in [0.15, 0.2) is 42.5 Å². The van der Waals surface area contributed by atoms with Crippen molar-refractivity contribution >= 4 is 17.7 Å². The molecule has 0 aliphatic heterocycles. The zero-order chi connectivity index (χ0) is 15.4. The second kappa shape index (κ2) is 5.78. The fourth-order valence-corrected chi connectivity index (χ4v) is 1.60. The number of rotatable bonds is 5. The summed E-state index contributed by atoms with van der Waals surface area (Å²) in [5.41, 5.74) is -0.308. The molecular formula is C13H8N2O6. The largest absolute Gasteiger partial charge is 0.457 e. The van der Waals surface area contributed by atoms with Crippen molar-refractivity contribution in [1.82, 2.24) is 0 Å². The Morgan fingerprint density at radius 2 is 1.48 bits per heavy atom. The molecule has 2 aromatic rings. The van der Waals surface area contributed by atoms with Crippen molar-refractivity contribution in [2.75, 3.05) is 0 Å². The molecule has 0 saturated carbocycles. The first-order valence-corrected chi connectivity index (χ1v) is 5.67. The summed E-state index contributed by atoms with van der Waals surface area (Å²) in [5, 5.41) is 21.2. The van der Waals surface area contributed by atoms with Crippen LogP contribution in [0.4, 0.5) is 11.4 Å². The second-order valence-electron chi connectivity index (χ2n) is 3.95. The van der Waals surface area contributed by atoms with Gasteiger partial charge < -0.3 is 4.74 Å². The van der Waals surface area contributed by atoms with E-state index in [-0.39, 0.29) is 28.4 Å². The molecule has 0 heterocycles. The Kier molecular flexibility index (Phi) is 3.89. The average molecular weight is 288 g/mol. The van der Waals surface area contributed by atoms with Gasteiger partial charge in [0.05, 0.1) is 15.4 Å². The van der Waals surface area contributed by atoms with E-state index in [0.717, 1.165) is 6.07 Å². The highest BCUT2D eigenvalue weighted by atomic mass is 16.6. The fourth-order valence-electron chi connectivity index (χ4n) is 1.60. The fraction of sp³-hybridized carbons (Fsp3) is 0. The van der Waals surface area contributed by atoms with E-state index < -0.39 is 9.85 Å². The summed E-state index contributed by atoms with van der Waals surface area (Å²) in [6, 6.07) is 8.83. The van der Waals surface area contributed by atoms with Gasteiger partial charge in [-0.3, -0.25) is 25.0 Å². The van der Waals surface area contributed by atoms with Crippen LogP contribution >= 0.6 is 0 Å². The van der Waals surface area contributed by atoms with E-state index in [4.69, 9.17) is 4.74 Å². The molecule has 2 aromatic carbocycles. The molecule has 21 heavy (non-hydrogen) atoms. The number of nitro groups is 2. The lowest BCUT2D eigenvalue weighted by Crippen LogP contribution is -1.94. The van der Waals surface area contributed by atoms with Crippen LogP contribution in [0.25, 0.3) is 0 Å². The van der Waals surface area contributed by atoms with Gasteiger partial charge in [-0.1, -0.05) is 0 Å². The number of aldehydes is 1. The number of ether oxygens (including phenoxy) is 1. The van der Waals surface area contributed by atoms with E-state index in [9.17, 15) is 25.0 Å². The maximum absolute atomic E-state index is 10.9. The average Bonchev–Trinajstić information content (AvgIpc) is 2.48. The lowest BCUT2D eigenvalue weighted by Gasteiger charge is -2.07. The van der Waals surface area contributed by atoms with E-state index in [2.05, 4.69) is 0 Å². The lowest BCUT2D eigenvalue weighted by atomic mass is 10.2. The topological polar surface area (TPSA) is 113 Å². The third kappa shape index (κ3) is 3.18. The van der Waals surface area contributed by atoms with Crippen LogP contribution < -0.4 is 4.74 Å². The summed E-state index contributed by atoms with van der Waals surface area (Å²) in [6.07, 6.45) is 0.438. The molecule has 0 bridgehead atoms. The third-order valence-electron chi connectivity index (χ3n) is 2.61. The van der Waals surface area contributed by atoms with Gasteiger partial charge in [-0.05, 0) is 18.2 Å². The quantitative estimate of drug-likeness (QED) is 0.474. The number of hydrogen-bond acceptors (Lipinski definition) is 6. The molecule has 0 unspecified atom stereocenters. The van der Waals surface area contributed by atoms with Crippen LogP contribution in [0.1, 0.15) is 10.4 Å². The highest BCUT2D eigenvalue weighted by Crippen LogP contribution is 2.28. The Labute approximate surface area is 117 Å². The molecule has 0 N–H and O–H groups in total. The lowest BCUT2D eigenvalue weighted by molar-refractivity contribution is -0.385. The summed E-state index contributed by atoms with van der Waals surface area (Å²) in [7, 11) is 0. The second-order valence-corrected chi connectivity index (χ2v) is 3.95. The summed E-state index contributed by atoms with van der Waals surface area (Å²) in [6.45, 7) is 0. The predicted octanol–water partition coefficient (Wildman–Crippen LogP) is 3.11. The predicted molar refractivity (Wildman–Crippen MR) is 71.7 cm³/mol. The summed E-state index contributed by atoms with van der Waals surface area (Å²) < 4.78 is 5.39. The number of nitro benzene ring substituents is 2. The zero-order valence-electron chi connectivity index (χ0n) is 10.5. The monoisotopic (exact) mass is 288 g/mol. The Morgan fingerprint density at radius 1 is 0.905 bits per heavy atom. The van der Waals surface area contributed by atoms with E-state index >= 15 is 0 Å². The van der Waals surface area contributed by atoms with Crippen LogP contribution in [-0.2, 0) is 0 Å². The van der Waals surface area contributed by atoms with Crippen LogP contribution in [0, 0.1) is 20.2 Å². The summed E-state index contributed by atoms with van der Waals surface area (Å²) in [4.78, 5) is 30.9. The van der Waals surface area contributed by atoms with Crippen LogP contribution in [-0.4, -0.2) is 16.1 Å². The molecule has 0 atom stereocenters. The van der Waals surface area contributed by atoms with Crippen molar-refractivity contribution in [3.05, 3.63) is 68.3 Å². The molecule has 2 rings (SSSR count). The van der Waals surface area contributed by atoms with Gasteiger partial charge in [0.15, 0.2) is 6.29 Å². The molecule has 8 heteroatoms. The highest BCUT2D eigenvalue weighted by molar-refractivity contribution is 5.80. The van der Waals surface area contributed by atoms with Crippen molar-refractivity contribution in [1.29, 1.82) is 0 Å². The minimum Gasteiger partial charge on any atom is -0.457 e. The Balaban J connectivity index is 2.28. The molecule has 0 aliphatic carbocycles. The number of non-ortho nitro benzene ring substituents is 2. The molecule has 0 aliphatic rings. The van der Waals surface area contributed by atoms with E-state index in [1.54, 1.807) is 0 Å². The Hall–Kier alpha value is -3.29. The molecule has 0 amide bonds. The number of carbonyl (C=O) groups is 1. The number of hydrogen-bond donors (Lipinski definition) is 0. The molecule has 0 spiro atoms. The Morgan fingerprint density at radius 3 is 2.00 bits per heavy atom. The molecule has 8 nitrogen and oxygen atoms in total. The van der Waals surface area contributed by atoms with Crippen molar-refractivity contribution in [3.63, 3.8) is 0 Å². The van der Waals surface area contributed by atoms with Gasteiger partial charge in [0, 0.05) is 24.3 Å². The standard InChI is InChI=1S/C13H8N2O6/c16-8-9-7-11(15(19)20)3-6-13(9)21-12-4-1-10(2-5-12)14(17)18/h1-8H. The summed E-state index contributed by atoms with van der Waals surface area (Å²) >= 11 is 0. The van der Waals surface area contributed by atoms with Gasteiger partial charge in [0.2, 0.25) is 0 Å². The van der Waals surface area contributed by atoms with Gasteiger partial charge in [-0.25, -0.2) is 0 Å². The van der Waals surface area contributed by atoms with Crippen LogP contribution in [0.2, 0.25) is 0 Å². The minimum atomic E-state index is -0.622. The number of benzene rings is 2. The molecular weight excluding hydrogens is 280 g/mol. The van der Waals surface area contributed by atoms with Gasteiger partial charge in [0.1, 0.15) is 11.5 Å². The minimum absolute atomic E-state index is 0.0163. The van der Waals surface area contributed by atoms with Gasteiger partial charge in [0.25, 0.3) is 11.4 Å². The summed E-state index contributed by atoms with van der Waals surface area (Å²) in [5.74, 6) is 0.405. The van der Waals surface area contributed by atoms with Gasteiger partial charge >= 0.3 is 0 Å². The molecule has 106 valence electrons.